The Kier molecular flexibility index (Phi) is 6.57. The van der Waals surface area contributed by atoms with Crippen LogP contribution in [0, 0.1) is 6.92 Å². The molecule has 2 aromatic rings. The number of halogens is 1. The van der Waals surface area contributed by atoms with E-state index in [0.717, 1.165) is 48.6 Å². The predicted molar refractivity (Wildman–Crippen MR) is 109 cm³/mol. The lowest BCUT2D eigenvalue weighted by molar-refractivity contribution is 0.239. The highest BCUT2D eigenvalue weighted by Gasteiger charge is 2.26. The van der Waals surface area contributed by atoms with Crippen molar-refractivity contribution < 1.29 is 9.47 Å². The molecule has 4 nitrogen and oxygen atoms in total. The van der Waals surface area contributed by atoms with E-state index in [0.29, 0.717) is 0 Å². The van der Waals surface area contributed by atoms with Gasteiger partial charge in [-0.25, -0.2) is 0 Å². The number of benzene rings is 2. The number of nitrogens with zero attached hydrogens (tertiary/aromatic N) is 1. The van der Waals surface area contributed by atoms with Gasteiger partial charge in [-0.3, -0.25) is 4.90 Å². The minimum atomic E-state index is 0.170. The van der Waals surface area contributed by atoms with E-state index in [4.69, 9.17) is 9.47 Å². The average molecular weight is 419 g/mol. The minimum absolute atomic E-state index is 0.170. The molecule has 140 valence electrons. The summed E-state index contributed by atoms with van der Waals surface area (Å²) in [5, 5.41) is 3.50. The molecule has 0 bridgehead atoms. The van der Waals surface area contributed by atoms with Crippen LogP contribution in [0.1, 0.15) is 29.2 Å². The maximum absolute atomic E-state index is 5.58. The molecule has 1 fully saturated rings. The van der Waals surface area contributed by atoms with Crippen LogP contribution in [0.15, 0.2) is 40.9 Å². The predicted octanol–water partition coefficient (Wildman–Crippen LogP) is 4.16. The fraction of sp³-hybridized carbons (Fsp3) is 0.429. The third-order valence-electron chi connectivity index (χ3n) is 4.90. The van der Waals surface area contributed by atoms with Crippen LogP contribution < -0.4 is 14.8 Å². The van der Waals surface area contributed by atoms with Gasteiger partial charge in [0.25, 0.3) is 0 Å². The lowest BCUT2D eigenvalue weighted by Gasteiger charge is -2.32. The third-order valence-corrected chi connectivity index (χ3v) is 5.58. The van der Waals surface area contributed by atoms with Crippen LogP contribution in [0.2, 0.25) is 0 Å². The number of nitrogens with one attached hydrogen (secondary N) is 1. The second-order valence-corrected chi connectivity index (χ2v) is 7.54. The number of rotatable bonds is 5. The summed E-state index contributed by atoms with van der Waals surface area (Å²) in [6.45, 7) is 6.30. The molecule has 0 radical (unpaired) electrons. The Hall–Kier alpha value is -1.56. The van der Waals surface area contributed by atoms with Gasteiger partial charge in [-0.1, -0.05) is 45.8 Å². The summed E-state index contributed by atoms with van der Waals surface area (Å²) in [5.74, 6) is 1.50. The molecule has 0 aliphatic carbocycles. The molecular weight excluding hydrogens is 392 g/mol. The Balaban J connectivity index is 2.11. The molecule has 0 aromatic heterocycles. The van der Waals surface area contributed by atoms with Gasteiger partial charge in [-0.05, 0) is 43.1 Å². The van der Waals surface area contributed by atoms with Gasteiger partial charge in [0.15, 0.2) is 11.5 Å². The summed E-state index contributed by atoms with van der Waals surface area (Å²) >= 11 is 3.78. The smallest absolute Gasteiger partial charge is 0.161 e. The Labute approximate surface area is 164 Å². The quantitative estimate of drug-likeness (QED) is 0.789. The Morgan fingerprint density at radius 1 is 1.04 bits per heavy atom. The van der Waals surface area contributed by atoms with E-state index < -0.39 is 0 Å². The van der Waals surface area contributed by atoms with Crippen LogP contribution in [-0.4, -0.2) is 45.3 Å². The highest BCUT2D eigenvalue weighted by Crippen LogP contribution is 2.40. The SMILES string of the molecule is COc1cc(Br)c(C(c2cccc(C)c2)N2CCCNCC2)cc1OC. The summed E-state index contributed by atoms with van der Waals surface area (Å²) in [7, 11) is 3.36. The molecular formula is C21H27BrN2O2. The van der Waals surface area contributed by atoms with Gasteiger partial charge in [0.2, 0.25) is 0 Å². The summed E-state index contributed by atoms with van der Waals surface area (Å²) in [5.41, 5.74) is 3.78. The lowest BCUT2D eigenvalue weighted by atomic mass is 9.95. The van der Waals surface area contributed by atoms with E-state index in [1.807, 2.05) is 6.07 Å². The summed E-state index contributed by atoms with van der Waals surface area (Å²) < 4.78 is 12.1. The maximum atomic E-state index is 5.58. The number of hydrogen-bond acceptors (Lipinski definition) is 4. The molecule has 3 rings (SSSR count). The summed E-state index contributed by atoms with van der Waals surface area (Å²) in [6.07, 6.45) is 1.15. The largest absolute Gasteiger partial charge is 0.493 e. The monoisotopic (exact) mass is 418 g/mol. The van der Waals surface area contributed by atoms with Crippen molar-refractivity contribution in [3.63, 3.8) is 0 Å². The second-order valence-electron chi connectivity index (χ2n) is 6.68. The molecule has 1 saturated heterocycles. The number of ether oxygens (including phenoxy) is 2. The van der Waals surface area contributed by atoms with E-state index >= 15 is 0 Å². The Morgan fingerprint density at radius 3 is 2.54 bits per heavy atom. The topological polar surface area (TPSA) is 33.7 Å². The van der Waals surface area contributed by atoms with Gasteiger partial charge in [-0.15, -0.1) is 0 Å². The number of methoxy groups -OCH3 is 2. The standard InChI is InChI=1S/C21H27BrN2O2/c1-15-6-4-7-16(12-15)21(24-10-5-8-23-9-11-24)17-13-19(25-2)20(26-3)14-18(17)22/h4,6-7,12-14,21,23H,5,8-11H2,1-3H3. The fourth-order valence-electron chi connectivity index (χ4n) is 3.63. The van der Waals surface area contributed by atoms with Crippen molar-refractivity contribution in [2.24, 2.45) is 0 Å². The van der Waals surface area contributed by atoms with Crippen LogP contribution in [0.5, 0.6) is 11.5 Å². The van der Waals surface area contributed by atoms with Crippen molar-refractivity contribution in [2.75, 3.05) is 40.4 Å². The molecule has 0 amide bonds. The van der Waals surface area contributed by atoms with Crippen LogP contribution in [0.25, 0.3) is 0 Å². The third kappa shape index (κ3) is 4.22. The normalized spacial score (nSPS) is 16.8. The fourth-order valence-corrected chi connectivity index (χ4v) is 4.17. The Bertz CT molecular complexity index is 743. The van der Waals surface area contributed by atoms with E-state index in [1.165, 1.54) is 16.7 Å². The number of aryl methyl sites for hydroxylation is 1. The van der Waals surface area contributed by atoms with Crippen LogP contribution >= 0.6 is 15.9 Å². The van der Waals surface area contributed by atoms with Crippen molar-refractivity contribution in [1.29, 1.82) is 0 Å². The minimum Gasteiger partial charge on any atom is -0.493 e. The first kappa shape index (κ1) is 19.2. The maximum Gasteiger partial charge on any atom is 0.161 e. The number of hydrogen-bond donors (Lipinski definition) is 1. The molecule has 2 aromatic carbocycles. The molecule has 1 aliphatic rings. The van der Waals surface area contributed by atoms with Crippen LogP contribution in [0.3, 0.4) is 0 Å². The van der Waals surface area contributed by atoms with Gasteiger partial charge in [0.05, 0.1) is 20.3 Å². The first-order valence-corrected chi connectivity index (χ1v) is 9.86. The highest BCUT2D eigenvalue weighted by atomic mass is 79.9. The molecule has 26 heavy (non-hydrogen) atoms. The molecule has 5 heteroatoms. The van der Waals surface area contributed by atoms with Crippen molar-refractivity contribution in [1.82, 2.24) is 10.2 Å². The van der Waals surface area contributed by atoms with Gasteiger partial charge in [-0.2, -0.15) is 0 Å². The lowest BCUT2D eigenvalue weighted by Crippen LogP contribution is -2.33. The zero-order valence-electron chi connectivity index (χ0n) is 15.7. The van der Waals surface area contributed by atoms with E-state index in [2.05, 4.69) is 63.4 Å². The summed E-state index contributed by atoms with van der Waals surface area (Å²) in [4.78, 5) is 2.56. The van der Waals surface area contributed by atoms with Crippen molar-refractivity contribution in [3.05, 3.63) is 57.6 Å². The zero-order valence-corrected chi connectivity index (χ0v) is 17.3. The van der Waals surface area contributed by atoms with Crippen molar-refractivity contribution in [3.8, 4) is 11.5 Å². The first-order chi connectivity index (χ1) is 12.6. The molecule has 1 N–H and O–H groups in total. The molecule has 0 saturated carbocycles. The Morgan fingerprint density at radius 2 is 1.81 bits per heavy atom. The first-order valence-electron chi connectivity index (χ1n) is 9.06. The van der Waals surface area contributed by atoms with Gasteiger partial charge in [0.1, 0.15) is 0 Å². The molecule has 1 aliphatic heterocycles. The molecule has 1 atom stereocenters. The van der Waals surface area contributed by atoms with Crippen LogP contribution in [0.4, 0.5) is 0 Å². The second kappa shape index (κ2) is 8.89. The molecule has 0 spiro atoms. The van der Waals surface area contributed by atoms with E-state index in [-0.39, 0.29) is 6.04 Å². The van der Waals surface area contributed by atoms with Gasteiger partial charge < -0.3 is 14.8 Å². The van der Waals surface area contributed by atoms with Gasteiger partial charge in [0, 0.05) is 24.1 Å². The van der Waals surface area contributed by atoms with Crippen molar-refractivity contribution >= 4 is 15.9 Å². The van der Waals surface area contributed by atoms with Gasteiger partial charge >= 0.3 is 0 Å². The van der Waals surface area contributed by atoms with E-state index in [1.54, 1.807) is 14.2 Å². The highest BCUT2D eigenvalue weighted by molar-refractivity contribution is 9.10. The molecule has 1 unspecified atom stereocenters. The summed E-state index contributed by atoms with van der Waals surface area (Å²) in [6, 6.07) is 13.1. The average Bonchev–Trinajstić information content (AvgIpc) is 2.92. The van der Waals surface area contributed by atoms with E-state index in [9.17, 15) is 0 Å². The van der Waals surface area contributed by atoms with Crippen LogP contribution in [-0.2, 0) is 0 Å². The molecule has 1 heterocycles. The van der Waals surface area contributed by atoms with Crippen molar-refractivity contribution in [2.45, 2.75) is 19.4 Å². The zero-order chi connectivity index (χ0) is 18.5.